The molecule has 7 heteroatoms. The van der Waals surface area contributed by atoms with Gasteiger partial charge in [-0.05, 0) is 36.4 Å². The van der Waals surface area contributed by atoms with Crippen LogP contribution in [-0.4, -0.2) is 41.2 Å². The molecular weight excluding hydrogens is 330 g/mol. The molecule has 23 heavy (non-hydrogen) atoms. The Labute approximate surface area is 141 Å². The SMILES string of the molecule is O=S(=O)(N1CCCCC1)N1CCn2cccc2C1c1cccs1. The topological polar surface area (TPSA) is 45.6 Å². The van der Waals surface area contributed by atoms with E-state index in [1.807, 2.05) is 35.8 Å². The summed E-state index contributed by atoms with van der Waals surface area (Å²) in [6.07, 6.45) is 5.10. The van der Waals surface area contributed by atoms with Crippen molar-refractivity contribution in [2.75, 3.05) is 19.6 Å². The molecule has 2 aliphatic rings. The first-order valence-electron chi connectivity index (χ1n) is 8.13. The van der Waals surface area contributed by atoms with E-state index in [2.05, 4.69) is 4.57 Å². The van der Waals surface area contributed by atoms with Crippen molar-refractivity contribution in [1.82, 2.24) is 13.2 Å². The van der Waals surface area contributed by atoms with Crippen molar-refractivity contribution in [2.45, 2.75) is 31.8 Å². The van der Waals surface area contributed by atoms with Gasteiger partial charge in [0.1, 0.15) is 6.04 Å². The fraction of sp³-hybridized carbons (Fsp3) is 0.500. The summed E-state index contributed by atoms with van der Waals surface area (Å²) in [4.78, 5) is 1.09. The van der Waals surface area contributed by atoms with Gasteiger partial charge in [0.05, 0.1) is 0 Å². The van der Waals surface area contributed by atoms with E-state index in [1.54, 1.807) is 19.9 Å². The molecule has 1 saturated heterocycles. The van der Waals surface area contributed by atoms with Crippen molar-refractivity contribution in [1.29, 1.82) is 0 Å². The van der Waals surface area contributed by atoms with Crippen LogP contribution in [0.4, 0.5) is 0 Å². The van der Waals surface area contributed by atoms with Gasteiger partial charge in [-0.15, -0.1) is 11.3 Å². The Bertz CT molecular complexity index is 761. The minimum Gasteiger partial charge on any atom is -0.348 e. The highest BCUT2D eigenvalue weighted by atomic mass is 32.2. The van der Waals surface area contributed by atoms with Gasteiger partial charge in [-0.3, -0.25) is 0 Å². The van der Waals surface area contributed by atoms with Crippen molar-refractivity contribution < 1.29 is 8.42 Å². The molecule has 4 heterocycles. The minimum absolute atomic E-state index is 0.203. The number of nitrogens with zero attached hydrogens (tertiary/aromatic N) is 3. The lowest BCUT2D eigenvalue weighted by atomic mass is 10.1. The maximum Gasteiger partial charge on any atom is 0.282 e. The zero-order chi connectivity index (χ0) is 15.9. The molecule has 1 atom stereocenters. The highest BCUT2D eigenvalue weighted by Crippen LogP contribution is 2.37. The number of aromatic nitrogens is 1. The van der Waals surface area contributed by atoms with E-state index in [-0.39, 0.29) is 6.04 Å². The van der Waals surface area contributed by atoms with Crippen LogP contribution in [0, 0.1) is 0 Å². The first-order valence-corrected chi connectivity index (χ1v) is 10.4. The number of thiophene rings is 1. The van der Waals surface area contributed by atoms with Crippen LogP contribution in [0.2, 0.25) is 0 Å². The largest absolute Gasteiger partial charge is 0.348 e. The quantitative estimate of drug-likeness (QED) is 0.853. The molecule has 2 aromatic heterocycles. The summed E-state index contributed by atoms with van der Waals surface area (Å²) in [5.41, 5.74) is 1.07. The third-order valence-corrected chi connectivity index (χ3v) is 7.67. The number of fused-ring (bicyclic) bond motifs is 1. The lowest BCUT2D eigenvalue weighted by Crippen LogP contribution is -2.50. The Kier molecular flexibility index (Phi) is 4.05. The van der Waals surface area contributed by atoms with E-state index in [4.69, 9.17) is 0 Å². The normalized spacial score (nSPS) is 23.7. The van der Waals surface area contributed by atoms with E-state index in [0.717, 1.165) is 36.4 Å². The molecule has 0 amide bonds. The fourth-order valence-corrected chi connectivity index (χ4v) is 6.32. The Morgan fingerprint density at radius 1 is 1.00 bits per heavy atom. The zero-order valence-electron chi connectivity index (χ0n) is 13.0. The van der Waals surface area contributed by atoms with E-state index in [0.29, 0.717) is 19.6 Å². The lowest BCUT2D eigenvalue weighted by Gasteiger charge is -2.39. The molecular formula is C16H21N3O2S2. The van der Waals surface area contributed by atoms with Crippen molar-refractivity contribution in [3.8, 4) is 0 Å². The average molecular weight is 351 g/mol. The maximum atomic E-state index is 13.2. The summed E-state index contributed by atoms with van der Waals surface area (Å²) in [6.45, 7) is 2.55. The number of hydrogen-bond donors (Lipinski definition) is 0. The molecule has 0 N–H and O–H groups in total. The molecule has 2 aromatic rings. The molecule has 0 aliphatic carbocycles. The van der Waals surface area contributed by atoms with Gasteiger partial charge in [0.2, 0.25) is 0 Å². The van der Waals surface area contributed by atoms with Gasteiger partial charge < -0.3 is 4.57 Å². The first-order chi connectivity index (χ1) is 11.2. The predicted octanol–water partition coefficient (Wildman–Crippen LogP) is 2.69. The Morgan fingerprint density at radius 2 is 1.83 bits per heavy atom. The summed E-state index contributed by atoms with van der Waals surface area (Å²) in [5.74, 6) is 0. The van der Waals surface area contributed by atoms with Gasteiger partial charge in [0.15, 0.2) is 0 Å². The monoisotopic (exact) mass is 351 g/mol. The lowest BCUT2D eigenvalue weighted by molar-refractivity contribution is 0.256. The molecule has 5 nitrogen and oxygen atoms in total. The number of rotatable bonds is 3. The molecule has 2 aliphatic heterocycles. The van der Waals surface area contributed by atoms with E-state index in [9.17, 15) is 8.42 Å². The van der Waals surface area contributed by atoms with Gasteiger partial charge in [0, 0.05) is 42.9 Å². The van der Waals surface area contributed by atoms with Gasteiger partial charge >= 0.3 is 0 Å². The maximum absolute atomic E-state index is 13.2. The summed E-state index contributed by atoms with van der Waals surface area (Å²) in [7, 11) is -3.42. The van der Waals surface area contributed by atoms with Crippen molar-refractivity contribution >= 4 is 21.5 Å². The van der Waals surface area contributed by atoms with Crippen molar-refractivity contribution in [3.63, 3.8) is 0 Å². The highest BCUT2D eigenvalue weighted by Gasteiger charge is 2.40. The molecule has 0 saturated carbocycles. The van der Waals surface area contributed by atoms with Crippen LogP contribution in [-0.2, 0) is 16.8 Å². The molecule has 1 fully saturated rings. The fourth-order valence-electron chi connectivity index (χ4n) is 3.59. The summed E-state index contributed by atoms with van der Waals surface area (Å²) < 4.78 is 32.0. The smallest absolute Gasteiger partial charge is 0.282 e. The molecule has 0 spiro atoms. The summed E-state index contributed by atoms with van der Waals surface area (Å²) >= 11 is 1.62. The second-order valence-corrected chi connectivity index (χ2v) is 8.98. The summed E-state index contributed by atoms with van der Waals surface area (Å²) in [6, 6.07) is 7.88. The van der Waals surface area contributed by atoms with Crippen molar-refractivity contribution in [2.24, 2.45) is 0 Å². The summed E-state index contributed by atoms with van der Waals surface area (Å²) in [5, 5.41) is 2.02. The van der Waals surface area contributed by atoms with Gasteiger partial charge in [-0.1, -0.05) is 12.5 Å². The standard InChI is InChI=1S/C16H21N3O2S2/c20-23(21,18-9-2-1-3-10-18)19-12-11-17-8-4-6-14(17)16(19)15-7-5-13-22-15/h4-8,13,16H,1-3,9-12H2. The van der Waals surface area contributed by atoms with Gasteiger partial charge in [-0.25, -0.2) is 0 Å². The second-order valence-electron chi connectivity index (χ2n) is 6.12. The second kappa shape index (κ2) is 6.05. The van der Waals surface area contributed by atoms with Gasteiger partial charge in [0.25, 0.3) is 10.2 Å². The molecule has 0 aromatic carbocycles. The van der Waals surface area contributed by atoms with Crippen LogP contribution in [0.1, 0.15) is 35.9 Å². The van der Waals surface area contributed by atoms with Crippen LogP contribution < -0.4 is 0 Å². The molecule has 1 unspecified atom stereocenters. The first kappa shape index (κ1) is 15.4. The third-order valence-electron chi connectivity index (χ3n) is 4.74. The van der Waals surface area contributed by atoms with Crippen LogP contribution in [0.3, 0.4) is 0 Å². The molecule has 0 radical (unpaired) electrons. The van der Waals surface area contributed by atoms with Crippen LogP contribution in [0.25, 0.3) is 0 Å². The predicted molar refractivity (Wildman–Crippen MR) is 91.6 cm³/mol. The Morgan fingerprint density at radius 3 is 2.57 bits per heavy atom. The highest BCUT2D eigenvalue weighted by molar-refractivity contribution is 7.86. The van der Waals surface area contributed by atoms with Crippen LogP contribution in [0.15, 0.2) is 35.8 Å². The van der Waals surface area contributed by atoms with E-state index < -0.39 is 10.2 Å². The minimum atomic E-state index is -3.42. The number of piperidine rings is 1. The Balaban J connectivity index is 1.75. The average Bonchev–Trinajstić information content (AvgIpc) is 3.26. The van der Waals surface area contributed by atoms with E-state index >= 15 is 0 Å². The van der Waals surface area contributed by atoms with Crippen LogP contribution in [0.5, 0.6) is 0 Å². The Hall–Kier alpha value is -1.15. The van der Waals surface area contributed by atoms with E-state index in [1.165, 1.54) is 0 Å². The molecule has 4 rings (SSSR count). The van der Waals surface area contributed by atoms with Crippen LogP contribution >= 0.6 is 11.3 Å². The molecule has 0 bridgehead atoms. The third kappa shape index (κ3) is 2.65. The zero-order valence-corrected chi connectivity index (χ0v) is 14.6. The van der Waals surface area contributed by atoms with Crippen molar-refractivity contribution in [3.05, 3.63) is 46.4 Å². The number of hydrogen-bond acceptors (Lipinski definition) is 3. The molecule has 124 valence electrons. The van der Waals surface area contributed by atoms with Gasteiger partial charge in [-0.2, -0.15) is 17.0 Å².